The minimum Gasteiger partial charge on any atom is -0.497 e. The van der Waals surface area contributed by atoms with Crippen molar-refractivity contribution in [3.05, 3.63) is 45.8 Å². The third-order valence-electron chi connectivity index (χ3n) is 1.97. The number of amides is 1. The summed E-state index contributed by atoms with van der Waals surface area (Å²) in [6, 6.07) is 5.08. The zero-order valence-corrected chi connectivity index (χ0v) is 9.20. The normalized spacial score (nSPS) is 10.0. The van der Waals surface area contributed by atoms with E-state index in [0.717, 1.165) is 6.08 Å². The van der Waals surface area contributed by atoms with E-state index in [1.807, 2.05) is 0 Å². The van der Waals surface area contributed by atoms with Gasteiger partial charge in [-0.1, -0.05) is 6.08 Å². The molecule has 0 radical (unpaired) electrons. The monoisotopic (exact) mass is 233 g/mol. The molecular weight excluding hydrogens is 222 g/mol. The number of methoxy groups -OCH3 is 1. The number of benzene rings is 1. The third kappa shape index (κ3) is 3.98. The molecular formula is C11H11N3O3. The standard InChI is InChI=1S/C11H11N3O3/c1-17-10-5-8(4-9(6-10)7-15)2-3-11(16)13-14-12/h2-6,15H,7H2,1H3/b3-2+. The molecule has 0 aliphatic rings. The molecule has 0 aliphatic carbocycles. The molecule has 0 fully saturated rings. The van der Waals surface area contributed by atoms with E-state index >= 15 is 0 Å². The van der Waals surface area contributed by atoms with Crippen LogP contribution in [0.15, 0.2) is 29.4 Å². The van der Waals surface area contributed by atoms with Gasteiger partial charge in [0.15, 0.2) is 0 Å². The van der Waals surface area contributed by atoms with Gasteiger partial charge in [-0.05, 0) is 46.0 Å². The maximum Gasteiger partial charge on any atom is 0.242 e. The van der Waals surface area contributed by atoms with Gasteiger partial charge in [-0.25, -0.2) is 0 Å². The van der Waals surface area contributed by atoms with E-state index in [0.29, 0.717) is 16.9 Å². The third-order valence-corrected chi connectivity index (χ3v) is 1.97. The summed E-state index contributed by atoms with van der Waals surface area (Å²) < 4.78 is 5.04. The van der Waals surface area contributed by atoms with Gasteiger partial charge in [-0.2, -0.15) is 0 Å². The Bertz CT molecular complexity index is 468. The lowest BCUT2D eigenvalue weighted by atomic mass is 10.1. The topological polar surface area (TPSA) is 95.3 Å². The number of hydrogen-bond donors (Lipinski definition) is 1. The second-order valence-electron chi connectivity index (χ2n) is 3.13. The molecule has 1 aromatic rings. The largest absolute Gasteiger partial charge is 0.497 e. The molecule has 0 aromatic heterocycles. The van der Waals surface area contributed by atoms with Crippen LogP contribution in [0.2, 0.25) is 0 Å². The number of carbonyl (C=O) groups excluding carboxylic acids is 1. The zero-order valence-electron chi connectivity index (χ0n) is 9.20. The van der Waals surface area contributed by atoms with Gasteiger partial charge in [-0.15, -0.1) is 0 Å². The van der Waals surface area contributed by atoms with Crippen molar-refractivity contribution in [2.24, 2.45) is 5.11 Å². The van der Waals surface area contributed by atoms with Gasteiger partial charge >= 0.3 is 0 Å². The van der Waals surface area contributed by atoms with E-state index in [1.54, 1.807) is 18.2 Å². The maximum absolute atomic E-state index is 10.9. The summed E-state index contributed by atoms with van der Waals surface area (Å²) in [6.07, 6.45) is 2.63. The molecule has 0 spiro atoms. The molecule has 0 bridgehead atoms. The highest BCUT2D eigenvalue weighted by molar-refractivity contribution is 5.92. The van der Waals surface area contributed by atoms with Crippen molar-refractivity contribution in [2.45, 2.75) is 6.61 Å². The van der Waals surface area contributed by atoms with Crippen molar-refractivity contribution in [1.29, 1.82) is 0 Å². The molecule has 0 unspecified atom stereocenters. The van der Waals surface area contributed by atoms with Crippen LogP contribution in [0, 0.1) is 0 Å². The summed E-state index contributed by atoms with van der Waals surface area (Å²) in [5, 5.41) is 11.9. The Hall–Kier alpha value is -2.30. The predicted molar refractivity (Wildman–Crippen MR) is 62.1 cm³/mol. The van der Waals surface area contributed by atoms with Crippen molar-refractivity contribution >= 4 is 12.0 Å². The highest BCUT2D eigenvalue weighted by atomic mass is 16.5. The van der Waals surface area contributed by atoms with E-state index in [2.05, 4.69) is 10.0 Å². The van der Waals surface area contributed by atoms with E-state index in [4.69, 9.17) is 15.4 Å². The van der Waals surface area contributed by atoms with Crippen molar-refractivity contribution < 1.29 is 14.6 Å². The van der Waals surface area contributed by atoms with Gasteiger partial charge in [0.1, 0.15) is 5.75 Å². The lowest BCUT2D eigenvalue weighted by molar-refractivity contribution is -0.113. The van der Waals surface area contributed by atoms with E-state index in [1.165, 1.54) is 13.2 Å². The van der Waals surface area contributed by atoms with Gasteiger partial charge in [0, 0.05) is 4.91 Å². The van der Waals surface area contributed by atoms with Crippen LogP contribution in [0.1, 0.15) is 11.1 Å². The molecule has 1 amide bonds. The molecule has 0 saturated carbocycles. The molecule has 0 saturated heterocycles. The van der Waals surface area contributed by atoms with Gasteiger partial charge in [0.25, 0.3) is 0 Å². The molecule has 6 nitrogen and oxygen atoms in total. The minimum atomic E-state index is -0.680. The van der Waals surface area contributed by atoms with Gasteiger partial charge in [0.05, 0.1) is 13.7 Å². The van der Waals surface area contributed by atoms with Gasteiger partial charge in [0.2, 0.25) is 5.91 Å². The van der Waals surface area contributed by atoms with Crippen LogP contribution in [0.4, 0.5) is 0 Å². The second kappa shape index (κ2) is 6.32. The van der Waals surface area contributed by atoms with E-state index in [9.17, 15) is 4.79 Å². The summed E-state index contributed by atoms with van der Waals surface area (Å²) >= 11 is 0. The molecule has 1 rings (SSSR count). The summed E-state index contributed by atoms with van der Waals surface area (Å²) in [5.41, 5.74) is 9.39. The number of azide groups is 1. The summed E-state index contributed by atoms with van der Waals surface area (Å²) in [5.74, 6) is -0.103. The summed E-state index contributed by atoms with van der Waals surface area (Å²) in [6.45, 7) is -0.123. The van der Waals surface area contributed by atoms with Crippen molar-refractivity contribution in [2.75, 3.05) is 7.11 Å². The second-order valence-corrected chi connectivity index (χ2v) is 3.13. The quantitative estimate of drug-likeness (QED) is 0.373. The van der Waals surface area contributed by atoms with Gasteiger partial charge in [-0.3, -0.25) is 4.79 Å². The van der Waals surface area contributed by atoms with Crippen LogP contribution >= 0.6 is 0 Å². The molecule has 0 heterocycles. The highest BCUT2D eigenvalue weighted by Crippen LogP contribution is 2.18. The number of hydrogen-bond acceptors (Lipinski definition) is 3. The first-order valence-corrected chi connectivity index (χ1v) is 4.75. The fourth-order valence-corrected chi connectivity index (χ4v) is 1.24. The Morgan fingerprint density at radius 3 is 2.94 bits per heavy atom. The van der Waals surface area contributed by atoms with Crippen LogP contribution in [0.5, 0.6) is 5.75 Å². The summed E-state index contributed by atoms with van der Waals surface area (Å²) in [4.78, 5) is 13.3. The SMILES string of the molecule is COc1cc(/C=C/C(=O)N=[N+]=[N-])cc(CO)c1. The average molecular weight is 233 g/mol. The van der Waals surface area contributed by atoms with Crippen molar-refractivity contribution in [3.8, 4) is 5.75 Å². The van der Waals surface area contributed by atoms with Crippen LogP contribution in [-0.4, -0.2) is 18.1 Å². The molecule has 88 valence electrons. The lowest BCUT2D eigenvalue weighted by Gasteiger charge is -2.04. The molecule has 0 aliphatic heterocycles. The first-order valence-electron chi connectivity index (χ1n) is 4.75. The summed E-state index contributed by atoms with van der Waals surface area (Å²) in [7, 11) is 1.51. The molecule has 1 aromatic carbocycles. The van der Waals surface area contributed by atoms with E-state index < -0.39 is 5.91 Å². The zero-order chi connectivity index (χ0) is 12.7. The highest BCUT2D eigenvalue weighted by Gasteiger charge is 1.99. The molecule has 0 atom stereocenters. The predicted octanol–water partition coefficient (Wildman–Crippen LogP) is 2.04. The average Bonchev–Trinajstić information content (AvgIpc) is 2.36. The fraction of sp³-hybridized carbons (Fsp3) is 0.182. The number of nitrogens with zero attached hydrogens (tertiary/aromatic N) is 3. The minimum absolute atomic E-state index is 0.123. The molecule has 6 heteroatoms. The Balaban J connectivity index is 2.97. The van der Waals surface area contributed by atoms with Crippen molar-refractivity contribution in [1.82, 2.24) is 0 Å². The number of carbonyl (C=O) groups is 1. The molecule has 1 N–H and O–H groups in total. The van der Waals surface area contributed by atoms with Gasteiger partial charge < -0.3 is 9.84 Å². The Morgan fingerprint density at radius 2 is 2.35 bits per heavy atom. The number of aliphatic hydroxyl groups is 1. The number of rotatable bonds is 4. The van der Waals surface area contributed by atoms with Crippen LogP contribution in [0.3, 0.4) is 0 Å². The maximum atomic E-state index is 10.9. The first kappa shape index (κ1) is 12.8. The Morgan fingerprint density at radius 1 is 1.59 bits per heavy atom. The smallest absolute Gasteiger partial charge is 0.242 e. The first-order chi connectivity index (χ1) is 8.19. The lowest BCUT2D eigenvalue weighted by Crippen LogP contribution is -1.90. The number of ether oxygens (including phenoxy) is 1. The van der Waals surface area contributed by atoms with Crippen LogP contribution in [-0.2, 0) is 11.4 Å². The van der Waals surface area contributed by atoms with Crippen LogP contribution < -0.4 is 4.74 Å². The molecule has 17 heavy (non-hydrogen) atoms. The van der Waals surface area contributed by atoms with E-state index in [-0.39, 0.29) is 6.61 Å². The van der Waals surface area contributed by atoms with Crippen LogP contribution in [0.25, 0.3) is 16.5 Å². The van der Waals surface area contributed by atoms with Crippen molar-refractivity contribution in [3.63, 3.8) is 0 Å². The Labute approximate surface area is 97.8 Å². The Kier molecular flexibility index (Phi) is 4.75. The fourth-order valence-electron chi connectivity index (χ4n) is 1.24. The number of aliphatic hydroxyl groups excluding tert-OH is 1.